The molecule has 6 nitrogen and oxygen atoms in total. The summed E-state index contributed by atoms with van der Waals surface area (Å²) in [5, 5.41) is 2.86. The fraction of sp³-hybridized carbons (Fsp3) is 0.600. The van der Waals surface area contributed by atoms with Gasteiger partial charge in [-0.25, -0.2) is 4.99 Å². The molecular weight excluding hydrogens is 206 g/mol. The lowest BCUT2D eigenvalue weighted by Crippen LogP contribution is -2.55. The zero-order chi connectivity index (χ0) is 11.6. The van der Waals surface area contributed by atoms with Crippen LogP contribution in [-0.2, 0) is 4.79 Å². The van der Waals surface area contributed by atoms with Gasteiger partial charge in [-0.3, -0.25) is 10.5 Å². The van der Waals surface area contributed by atoms with Crippen LogP contribution >= 0.6 is 0 Å². The number of likely N-dealkylation sites (tertiary alicyclic amines) is 1. The van der Waals surface area contributed by atoms with Crippen molar-refractivity contribution in [1.29, 1.82) is 0 Å². The lowest BCUT2D eigenvalue weighted by atomic mass is 10.2. The maximum atomic E-state index is 11.9. The summed E-state index contributed by atoms with van der Waals surface area (Å²) in [5.41, 5.74) is 11.5. The second-order valence-corrected chi connectivity index (χ2v) is 4.20. The molecule has 2 aliphatic rings. The van der Waals surface area contributed by atoms with E-state index in [0.717, 1.165) is 25.9 Å². The van der Waals surface area contributed by atoms with Gasteiger partial charge in [-0.2, -0.15) is 0 Å². The first-order chi connectivity index (χ1) is 7.59. The summed E-state index contributed by atoms with van der Waals surface area (Å²) in [6, 6.07) is 0. The highest BCUT2D eigenvalue weighted by Crippen LogP contribution is 2.14. The van der Waals surface area contributed by atoms with Gasteiger partial charge in [0.1, 0.15) is 5.84 Å². The molecule has 1 saturated heterocycles. The predicted molar refractivity (Wildman–Crippen MR) is 61.2 cm³/mol. The van der Waals surface area contributed by atoms with Crippen molar-refractivity contribution < 1.29 is 4.79 Å². The Labute approximate surface area is 94.4 Å². The fourth-order valence-corrected chi connectivity index (χ4v) is 1.97. The quantitative estimate of drug-likeness (QED) is 0.564. The van der Waals surface area contributed by atoms with Crippen molar-refractivity contribution in [3.8, 4) is 0 Å². The third-order valence-electron chi connectivity index (χ3n) is 2.80. The molecule has 2 heterocycles. The van der Waals surface area contributed by atoms with Crippen LogP contribution in [-0.4, -0.2) is 35.5 Å². The summed E-state index contributed by atoms with van der Waals surface area (Å²) >= 11 is 0. The van der Waals surface area contributed by atoms with Crippen molar-refractivity contribution in [3.05, 3.63) is 12.3 Å². The van der Waals surface area contributed by atoms with Crippen LogP contribution in [0.3, 0.4) is 0 Å². The van der Waals surface area contributed by atoms with Crippen LogP contribution in [0.15, 0.2) is 17.3 Å². The number of amides is 1. The standard InChI is InChI=1S/C10H17N5O/c11-8-3-4-13-10(12,14-8)7-9(16)15-5-1-2-6-15/h3-4,13H,1-2,5-7,12H2,(H2,11,14). The number of nitrogens with zero attached hydrogens (tertiary/aromatic N) is 2. The highest BCUT2D eigenvalue weighted by Gasteiger charge is 2.31. The third-order valence-corrected chi connectivity index (χ3v) is 2.80. The van der Waals surface area contributed by atoms with E-state index < -0.39 is 5.79 Å². The summed E-state index contributed by atoms with van der Waals surface area (Å²) in [4.78, 5) is 17.8. The lowest BCUT2D eigenvalue weighted by Gasteiger charge is -2.29. The average molecular weight is 223 g/mol. The predicted octanol–water partition coefficient (Wildman–Crippen LogP) is -0.914. The molecule has 16 heavy (non-hydrogen) atoms. The van der Waals surface area contributed by atoms with E-state index in [-0.39, 0.29) is 12.3 Å². The van der Waals surface area contributed by atoms with E-state index in [9.17, 15) is 4.79 Å². The molecule has 2 rings (SSSR count). The number of hydrogen-bond acceptors (Lipinski definition) is 5. The van der Waals surface area contributed by atoms with Gasteiger partial charge < -0.3 is 16.0 Å². The number of amidine groups is 1. The number of carbonyl (C=O) groups excluding carboxylic acids is 1. The molecule has 6 heteroatoms. The first-order valence-corrected chi connectivity index (χ1v) is 5.45. The van der Waals surface area contributed by atoms with Crippen LogP contribution in [0.25, 0.3) is 0 Å². The topological polar surface area (TPSA) is 96.7 Å². The second kappa shape index (κ2) is 4.13. The van der Waals surface area contributed by atoms with Crippen LogP contribution in [0.4, 0.5) is 0 Å². The molecule has 0 aromatic heterocycles. The number of rotatable bonds is 2. The van der Waals surface area contributed by atoms with E-state index in [1.165, 1.54) is 0 Å². The first kappa shape index (κ1) is 10.9. The van der Waals surface area contributed by atoms with Gasteiger partial charge in [0.25, 0.3) is 0 Å². The van der Waals surface area contributed by atoms with Crippen LogP contribution in [0.1, 0.15) is 19.3 Å². The molecular formula is C10H17N5O. The SMILES string of the molecule is NC1=NC(N)(CC(=O)N2CCCC2)NC=C1. The summed E-state index contributed by atoms with van der Waals surface area (Å²) in [6.07, 6.45) is 5.52. The number of hydrogen-bond donors (Lipinski definition) is 3. The molecule has 1 fully saturated rings. The van der Waals surface area contributed by atoms with Crippen LogP contribution in [0, 0.1) is 0 Å². The molecule has 0 aromatic rings. The van der Waals surface area contributed by atoms with Gasteiger partial charge in [0, 0.05) is 19.3 Å². The van der Waals surface area contributed by atoms with Gasteiger partial charge in [0.05, 0.1) is 6.42 Å². The van der Waals surface area contributed by atoms with E-state index in [4.69, 9.17) is 11.5 Å². The molecule has 0 aromatic carbocycles. The molecule has 0 bridgehead atoms. The maximum absolute atomic E-state index is 11.9. The van der Waals surface area contributed by atoms with Gasteiger partial charge in [-0.15, -0.1) is 0 Å². The second-order valence-electron chi connectivity index (χ2n) is 4.20. The normalized spacial score (nSPS) is 28.8. The number of nitrogens with two attached hydrogens (primary N) is 2. The Morgan fingerprint density at radius 1 is 1.56 bits per heavy atom. The van der Waals surface area contributed by atoms with Crippen LogP contribution in [0.2, 0.25) is 0 Å². The molecule has 5 N–H and O–H groups in total. The zero-order valence-electron chi connectivity index (χ0n) is 9.15. The monoisotopic (exact) mass is 223 g/mol. The molecule has 88 valence electrons. The molecule has 2 aliphatic heterocycles. The third kappa shape index (κ3) is 2.33. The van der Waals surface area contributed by atoms with Crippen LogP contribution in [0.5, 0.6) is 0 Å². The van der Waals surface area contributed by atoms with Gasteiger partial charge in [0.2, 0.25) is 5.91 Å². The molecule has 1 unspecified atom stereocenters. The summed E-state index contributed by atoms with van der Waals surface area (Å²) < 4.78 is 0. The van der Waals surface area contributed by atoms with Crippen molar-refractivity contribution in [2.45, 2.75) is 25.0 Å². The number of nitrogens with one attached hydrogen (secondary N) is 1. The Morgan fingerprint density at radius 2 is 2.25 bits per heavy atom. The number of carbonyl (C=O) groups is 1. The van der Waals surface area contributed by atoms with Crippen molar-refractivity contribution in [2.75, 3.05) is 13.1 Å². The fourth-order valence-electron chi connectivity index (χ4n) is 1.97. The van der Waals surface area contributed by atoms with Crippen LogP contribution < -0.4 is 16.8 Å². The molecule has 0 aliphatic carbocycles. The van der Waals surface area contributed by atoms with E-state index in [1.54, 1.807) is 12.3 Å². The molecule has 0 saturated carbocycles. The molecule has 0 spiro atoms. The molecule has 1 amide bonds. The summed E-state index contributed by atoms with van der Waals surface area (Å²) in [6.45, 7) is 1.65. The van der Waals surface area contributed by atoms with Crippen molar-refractivity contribution in [1.82, 2.24) is 10.2 Å². The largest absolute Gasteiger partial charge is 0.384 e. The Morgan fingerprint density at radius 3 is 2.88 bits per heavy atom. The van der Waals surface area contributed by atoms with E-state index in [2.05, 4.69) is 10.3 Å². The summed E-state index contributed by atoms with van der Waals surface area (Å²) in [7, 11) is 0. The minimum absolute atomic E-state index is 0.0272. The molecule has 0 radical (unpaired) electrons. The Hall–Kier alpha value is -1.56. The minimum Gasteiger partial charge on any atom is -0.384 e. The van der Waals surface area contributed by atoms with Gasteiger partial charge in [0.15, 0.2) is 5.79 Å². The smallest absolute Gasteiger partial charge is 0.228 e. The van der Waals surface area contributed by atoms with Gasteiger partial charge >= 0.3 is 0 Å². The van der Waals surface area contributed by atoms with E-state index in [1.807, 2.05) is 4.90 Å². The average Bonchev–Trinajstić information content (AvgIpc) is 2.68. The van der Waals surface area contributed by atoms with Crippen molar-refractivity contribution in [2.24, 2.45) is 16.5 Å². The Balaban J connectivity index is 1.98. The lowest BCUT2D eigenvalue weighted by molar-refractivity contribution is -0.131. The van der Waals surface area contributed by atoms with E-state index in [0.29, 0.717) is 5.84 Å². The maximum Gasteiger partial charge on any atom is 0.228 e. The molecule has 1 atom stereocenters. The minimum atomic E-state index is -1.08. The number of aliphatic imine (C=N–C) groups is 1. The highest BCUT2D eigenvalue weighted by atomic mass is 16.2. The Bertz CT molecular complexity index is 345. The van der Waals surface area contributed by atoms with Gasteiger partial charge in [-0.1, -0.05) is 0 Å². The highest BCUT2D eigenvalue weighted by molar-refractivity contribution is 5.92. The van der Waals surface area contributed by atoms with Gasteiger partial charge in [-0.05, 0) is 18.9 Å². The van der Waals surface area contributed by atoms with Crippen molar-refractivity contribution in [3.63, 3.8) is 0 Å². The zero-order valence-corrected chi connectivity index (χ0v) is 9.15. The van der Waals surface area contributed by atoms with Crippen molar-refractivity contribution >= 4 is 11.7 Å². The van der Waals surface area contributed by atoms with E-state index >= 15 is 0 Å². The Kier molecular flexibility index (Phi) is 2.82. The summed E-state index contributed by atoms with van der Waals surface area (Å²) in [5.74, 6) is -0.715. The first-order valence-electron chi connectivity index (χ1n) is 5.45.